The van der Waals surface area contributed by atoms with Crippen LogP contribution >= 0.6 is 0 Å². The second kappa shape index (κ2) is 12.9. The second-order valence-corrected chi connectivity index (χ2v) is 11.7. The third kappa shape index (κ3) is 6.99. The summed E-state index contributed by atoms with van der Waals surface area (Å²) in [7, 11) is 0. The van der Waals surface area contributed by atoms with Gasteiger partial charge in [0.2, 0.25) is 5.76 Å². The number of halogens is 3. The fourth-order valence-corrected chi connectivity index (χ4v) is 6.19. The molecule has 1 saturated carbocycles. The molecular formula is C29H39F3N6O4. The summed E-state index contributed by atoms with van der Waals surface area (Å²) in [6.45, 7) is 5.19. The molecule has 2 aromatic heterocycles. The molecule has 42 heavy (non-hydrogen) atoms. The van der Waals surface area contributed by atoms with Crippen LogP contribution in [-0.2, 0) is 11.0 Å². The van der Waals surface area contributed by atoms with Gasteiger partial charge in [0.15, 0.2) is 5.69 Å². The summed E-state index contributed by atoms with van der Waals surface area (Å²) in [5.74, 6) is -1.22. The molecule has 2 aliphatic heterocycles. The minimum Gasteiger partial charge on any atom is -0.417 e. The average Bonchev–Trinajstić information content (AvgIpc) is 3.31. The van der Waals surface area contributed by atoms with Crippen molar-refractivity contribution < 1.29 is 32.3 Å². The van der Waals surface area contributed by atoms with Crippen molar-refractivity contribution in [2.24, 2.45) is 11.8 Å². The zero-order valence-corrected chi connectivity index (χ0v) is 23.9. The number of rotatable bonds is 6. The van der Waals surface area contributed by atoms with Crippen molar-refractivity contribution in [1.82, 2.24) is 14.9 Å². The van der Waals surface area contributed by atoms with Crippen LogP contribution in [0, 0.1) is 11.8 Å². The maximum atomic E-state index is 13.7. The van der Waals surface area contributed by atoms with Crippen molar-refractivity contribution in [3.05, 3.63) is 29.8 Å². The van der Waals surface area contributed by atoms with Crippen LogP contribution in [0.3, 0.4) is 0 Å². The van der Waals surface area contributed by atoms with E-state index in [2.05, 4.69) is 15.3 Å². The fourth-order valence-electron chi connectivity index (χ4n) is 6.19. The number of aromatic nitrogens is 2. The molecule has 0 spiro atoms. The van der Waals surface area contributed by atoms with Gasteiger partial charge in [0.05, 0.1) is 11.9 Å². The highest BCUT2D eigenvalue weighted by molar-refractivity contribution is 6.03. The molecule has 13 heteroatoms. The largest absolute Gasteiger partial charge is 0.437 e. The predicted molar refractivity (Wildman–Crippen MR) is 150 cm³/mol. The van der Waals surface area contributed by atoms with Crippen LogP contribution in [0.15, 0.2) is 22.7 Å². The van der Waals surface area contributed by atoms with E-state index in [1.54, 1.807) is 21.9 Å². The Morgan fingerprint density at radius 3 is 2.45 bits per heavy atom. The van der Waals surface area contributed by atoms with Gasteiger partial charge in [0, 0.05) is 39.3 Å². The number of amides is 2. The van der Waals surface area contributed by atoms with Gasteiger partial charge in [0.25, 0.3) is 17.8 Å². The monoisotopic (exact) mass is 592 g/mol. The van der Waals surface area contributed by atoms with Gasteiger partial charge in [-0.2, -0.15) is 18.2 Å². The maximum Gasteiger partial charge on any atom is 0.437 e. The molecular weight excluding hydrogens is 553 g/mol. The van der Waals surface area contributed by atoms with E-state index in [-0.39, 0.29) is 29.4 Å². The van der Waals surface area contributed by atoms with Gasteiger partial charge in [-0.05, 0) is 56.1 Å². The second-order valence-electron chi connectivity index (χ2n) is 11.7. The number of aliphatic hydroxyl groups excluding tert-OH is 1. The first-order valence-electron chi connectivity index (χ1n) is 14.9. The van der Waals surface area contributed by atoms with Crippen LogP contribution in [0.5, 0.6) is 0 Å². The molecule has 10 nitrogen and oxygen atoms in total. The van der Waals surface area contributed by atoms with Gasteiger partial charge < -0.3 is 29.5 Å². The number of hydrogen-bond acceptors (Lipinski definition) is 8. The Labute approximate surface area is 243 Å². The molecule has 2 N–H and O–H groups in total. The smallest absolute Gasteiger partial charge is 0.417 e. The van der Waals surface area contributed by atoms with Gasteiger partial charge in [-0.25, -0.2) is 4.98 Å². The lowest BCUT2D eigenvalue weighted by Gasteiger charge is -2.30. The number of pyridine rings is 1. The molecule has 230 valence electrons. The SMILES string of the molecule is CC1CCCN(c2nc(C(F)(F)F)c(C(=O)Nc3ccc(N4CCCN(C(=O)C(O)C5CCCCC5)CC4)nc3)o2)C1. The van der Waals surface area contributed by atoms with Crippen LogP contribution in [0.4, 0.5) is 30.7 Å². The van der Waals surface area contributed by atoms with Crippen LogP contribution in [0.1, 0.15) is 74.5 Å². The average molecular weight is 593 g/mol. The quantitative estimate of drug-likeness (QED) is 0.502. The summed E-state index contributed by atoms with van der Waals surface area (Å²) in [6, 6.07) is 3.04. The lowest BCUT2D eigenvalue weighted by atomic mass is 9.85. The number of piperidine rings is 1. The van der Waals surface area contributed by atoms with Crippen molar-refractivity contribution in [2.45, 2.75) is 70.6 Å². The summed E-state index contributed by atoms with van der Waals surface area (Å²) < 4.78 is 46.6. The van der Waals surface area contributed by atoms with E-state index in [1.807, 2.05) is 11.8 Å². The first kappa shape index (κ1) is 30.1. The van der Waals surface area contributed by atoms with E-state index in [1.165, 1.54) is 6.20 Å². The van der Waals surface area contributed by atoms with E-state index in [0.29, 0.717) is 51.5 Å². The number of carbonyl (C=O) groups excluding carboxylic acids is 2. The fraction of sp³-hybridized carbons (Fsp3) is 0.655. The maximum absolute atomic E-state index is 13.7. The Morgan fingerprint density at radius 1 is 1.00 bits per heavy atom. The molecule has 2 amide bonds. The minimum atomic E-state index is -4.85. The zero-order valence-electron chi connectivity index (χ0n) is 23.9. The van der Waals surface area contributed by atoms with Gasteiger partial charge >= 0.3 is 6.18 Å². The Hall–Kier alpha value is -3.35. The highest BCUT2D eigenvalue weighted by Crippen LogP contribution is 2.35. The third-order valence-electron chi connectivity index (χ3n) is 8.50. The number of nitrogens with one attached hydrogen (secondary N) is 1. The molecule has 0 aromatic carbocycles. The summed E-state index contributed by atoms with van der Waals surface area (Å²) in [6.07, 6.45) is 3.05. The molecule has 2 aromatic rings. The molecule has 5 rings (SSSR count). The van der Waals surface area contributed by atoms with Crippen molar-refractivity contribution >= 4 is 29.3 Å². The van der Waals surface area contributed by atoms with E-state index >= 15 is 0 Å². The topological polar surface area (TPSA) is 115 Å². The molecule has 4 heterocycles. The summed E-state index contributed by atoms with van der Waals surface area (Å²) in [5, 5.41) is 13.1. The minimum absolute atomic E-state index is 0.0271. The lowest BCUT2D eigenvalue weighted by molar-refractivity contribution is -0.143. The molecule has 2 unspecified atom stereocenters. The van der Waals surface area contributed by atoms with Crippen molar-refractivity contribution in [1.29, 1.82) is 0 Å². The molecule has 1 aliphatic carbocycles. The number of oxazole rings is 1. The standard InChI is InChI=1S/C29H39F3N6O4/c1-19-7-5-12-38(18-19)28-35-25(29(30,31)32)24(42-28)26(40)34-21-10-11-22(33-17-21)36-13-6-14-37(16-15-36)27(41)23(39)20-8-3-2-4-9-20/h10-11,17,19-20,23,39H,2-9,12-16,18H2,1H3,(H,34,40). The van der Waals surface area contributed by atoms with Crippen molar-refractivity contribution in [3.63, 3.8) is 0 Å². The summed E-state index contributed by atoms with van der Waals surface area (Å²) >= 11 is 0. The van der Waals surface area contributed by atoms with Crippen LogP contribution in [0.25, 0.3) is 0 Å². The number of anilines is 3. The van der Waals surface area contributed by atoms with E-state index in [9.17, 15) is 27.9 Å². The van der Waals surface area contributed by atoms with Crippen molar-refractivity contribution in [2.75, 3.05) is 54.4 Å². The van der Waals surface area contributed by atoms with Gasteiger partial charge in [-0.3, -0.25) is 9.59 Å². The van der Waals surface area contributed by atoms with E-state index in [4.69, 9.17) is 4.42 Å². The normalized spacial score (nSPS) is 21.6. The first-order chi connectivity index (χ1) is 20.1. The summed E-state index contributed by atoms with van der Waals surface area (Å²) in [4.78, 5) is 39.3. The Kier molecular flexibility index (Phi) is 9.24. The highest BCUT2D eigenvalue weighted by atomic mass is 19.4. The van der Waals surface area contributed by atoms with Crippen LogP contribution < -0.4 is 15.1 Å². The Bertz CT molecular complexity index is 1230. The van der Waals surface area contributed by atoms with Crippen LogP contribution in [0.2, 0.25) is 0 Å². The van der Waals surface area contributed by atoms with Crippen molar-refractivity contribution in [3.8, 4) is 0 Å². The molecule has 3 aliphatic rings. The number of hydrogen-bond donors (Lipinski definition) is 2. The molecule has 0 bridgehead atoms. The number of nitrogens with zero attached hydrogens (tertiary/aromatic N) is 5. The Balaban J connectivity index is 1.21. The molecule has 2 atom stereocenters. The van der Waals surface area contributed by atoms with Gasteiger partial charge in [-0.1, -0.05) is 26.2 Å². The van der Waals surface area contributed by atoms with E-state index in [0.717, 1.165) is 44.9 Å². The first-order valence-corrected chi connectivity index (χ1v) is 14.9. The number of carbonyl (C=O) groups is 2. The summed E-state index contributed by atoms with van der Waals surface area (Å²) in [5.41, 5.74) is -1.14. The molecule has 0 radical (unpaired) electrons. The van der Waals surface area contributed by atoms with Gasteiger partial charge in [0.1, 0.15) is 11.9 Å². The third-order valence-corrected chi connectivity index (χ3v) is 8.50. The van der Waals surface area contributed by atoms with Gasteiger partial charge in [-0.15, -0.1) is 0 Å². The zero-order chi connectivity index (χ0) is 29.9. The highest BCUT2D eigenvalue weighted by Gasteiger charge is 2.42. The Morgan fingerprint density at radius 2 is 1.76 bits per heavy atom. The lowest BCUT2D eigenvalue weighted by Crippen LogP contribution is -2.44. The van der Waals surface area contributed by atoms with E-state index < -0.39 is 29.6 Å². The molecule has 2 saturated heterocycles. The number of alkyl halides is 3. The number of aliphatic hydroxyl groups is 1. The predicted octanol–water partition coefficient (Wildman–Crippen LogP) is 4.56. The van der Waals surface area contributed by atoms with Crippen LogP contribution in [-0.4, -0.2) is 77.2 Å². The molecule has 3 fully saturated rings.